The molecule has 156 valence electrons. The summed E-state index contributed by atoms with van der Waals surface area (Å²) in [6.45, 7) is 6.82. The van der Waals surface area contributed by atoms with Gasteiger partial charge in [0.1, 0.15) is 6.10 Å². The molecule has 5 atom stereocenters. The van der Waals surface area contributed by atoms with Crippen molar-refractivity contribution in [3.05, 3.63) is 84.4 Å². The molecule has 1 heterocycles. The lowest BCUT2D eigenvalue weighted by Crippen LogP contribution is -2.57. The van der Waals surface area contributed by atoms with Gasteiger partial charge in [-0.15, -0.1) is 6.58 Å². The first kappa shape index (κ1) is 21.7. The minimum absolute atomic E-state index is 0.0620. The van der Waals surface area contributed by atoms with E-state index in [4.69, 9.17) is 18.9 Å². The van der Waals surface area contributed by atoms with Gasteiger partial charge in [0.05, 0.1) is 38.6 Å². The van der Waals surface area contributed by atoms with Crippen LogP contribution in [0.1, 0.15) is 18.1 Å². The number of aliphatic hydroxyl groups excluding tert-OH is 1. The van der Waals surface area contributed by atoms with Crippen molar-refractivity contribution in [3.8, 4) is 0 Å². The van der Waals surface area contributed by atoms with Crippen LogP contribution >= 0.6 is 0 Å². The van der Waals surface area contributed by atoms with Gasteiger partial charge >= 0.3 is 0 Å². The Morgan fingerprint density at radius 3 is 1.97 bits per heavy atom. The van der Waals surface area contributed by atoms with Gasteiger partial charge in [0.2, 0.25) is 0 Å². The third-order valence-electron chi connectivity index (χ3n) is 5.13. The van der Waals surface area contributed by atoms with E-state index in [1.54, 1.807) is 6.08 Å². The standard InChI is InChI=1S/C24H30O5/c1-3-14-26-24-23(28-17-20-12-8-5-9-13-20)22(18(2)21(15-25)29-24)27-16-19-10-6-4-7-11-19/h3-13,18,21-25H,1,14-17H2,2H3. The number of hydrogen-bond acceptors (Lipinski definition) is 5. The van der Waals surface area contributed by atoms with E-state index >= 15 is 0 Å². The number of hydrogen-bond donors (Lipinski definition) is 1. The Labute approximate surface area is 172 Å². The van der Waals surface area contributed by atoms with Crippen LogP contribution in [0.2, 0.25) is 0 Å². The topological polar surface area (TPSA) is 57.2 Å². The van der Waals surface area contributed by atoms with Crippen LogP contribution in [0, 0.1) is 5.92 Å². The van der Waals surface area contributed by atoms with E-state index < -0.39 is 12.4 Å². The van der Waals surface area contributed by atoms with Gasteiger partial charge in [-0.25, -0.2) is 0 Å². The molecule has 2 aromatic rings. The maximum Gasteiger partial charge on any atom is 0.187 e. The molecule has 1 fully saturated rings. The first-order valence-corrected chi connectivity index (χ1v) is 10.0. The largest absolute Gasteiger partial charge is 0.394 e. The number of benzene rings is 2. The zero-order valence-electron chi connectivity index (χ0n) is 16.9. The van der Waals surface area contributed by atoms with Crippen molar-refractivity contribution in [2.24, 2.45) is 5.92 Å². The molecule has 29 heavy (non-hydrogen) atoms. The molecule has 0 radical (unpaired) electrons. The van der Waals surface area contributed by atoms with Crippen molar-refractivity contribution in [1.29, 1.82) is 0 Å². The lowest BCUT2D eigenvalue weighted by Gasteiger charge is -2.44. The fourth-order valence-corrected chi connectivity index (χ4v) is 3.50. The first-order valence-electron chi connectivity index (χ1n) is 10.0. The first-order chi connectivity index (χ1) is 14.2. The Hall–Kier alpha value is -2.02. The molecular formula is C24H30O5. The van der Waals surface area contributed by atoms with Crippen LogP contribution < -0.4 is 0 Å². The van der Waals surface area contributed by atoms with Crippen LogP contribution in [-0.4, -0.2) is 42.9 Å². The van der Waals surface area contributed by atoms with Crippen LogP contribution in [0.4, 0.5) is 0 Å². The van der Waals surface area contributed by atoms with Gasteiger partial charge in [0.25, 0.3) is 0 Å². The molecule has 0 aliphatic carbocycles. The van der Waals surface area contributed by atoms with E-state index in [0.717, 1.165) is 11.1 Å². The van der Waals surface area contributed by atoms with E-state index in [1.165, 1.54) is 0 Å². The lowest BCUT2D eigenvalue weighted by molar-refractivity contribution is -0.305. The molecule has 0 aromatic heterocycles. The van der Waals surface area contributed by atoms with Crippen molar-refractivity contribution in [1.82, 2.24) is 0 Å². The van der Waals surface area contributed by atoms with Gasteiger partial charge in [-0.1, -0.05) is 73.7 Å². The van der Waals surface area contributed by atoms with E-state index in [1.807, 2.05) is 67.6 Å². The molecule has 0 spiro atoms. The van der Waals surface area contributed by atoms with Gasteiger partial charge in [-0.2, -0.15) is 0 Å². The molecule has 5 heteroatoms. The Morgan fingerprint density at radius 1 is 0.897 bits per heavy atom. The van der Waals surface area contributed by atoms with Gasteiger partial charge in [0, 0.05) is 5.92 Å². The third-order valence-corrected chi connectivity index (χ3v) is 5.13. The monoisotopic (exact) mass is 398 g/mol. The Balaban J connectivity index is 1.77. The van der Waals surface area contributed by atoms with Crippen LogP contribution in [-0.2, 0) is 32.2 Å². The average Bonchev–Trinajstić information content (AvgIpc) is 2.77. The predicted molar refractivity (Wildman–Crippen MR) is 111 cm³/mol. The summed E-state index contributed by atoms with van der Waals surface area (Å²) in [7, 11) is 0. The zero-order chi connectivity index (χ0) is 20.5. The van der Waals surface area contributed by atoms with Crippen LogP contribution in [0.25, 0.3) is 0 Å². The third kappa shape index (κ3) is 5.98. The fraction of sp³-hybridized carbons (Fsp3) is 0.417. The van der Waals surface area contributed by atoms with E-state index in [9.17, 15) is 5.11 Å². The van der Waals surface area contributed by atoms with Crippen molar-refractivity contribution >= 4 is 0 Å². The molecule has 0 saturated carbocycles. The summed E-state index contributed by atoms with van der Waals surface area (Å²) in [6, 6.07) is 20.0. The molecule has 5 unspecified atom stereocenters. The highest BCUT2D eigenvalue weighted by atomic mass is 16.7. The highest BCUT2D eigenvalue weighted by molar-refractivity contribution is 5.14. The normalized spacial score (nSPS) is 26.9. The number of aliphatic hydroxyl groups is 1. The molecule has 2 aromatic carbocycles. The Bertz CT molecular complexity index is 721. The Kier molecular flexibility index (Phi) is 8.40. The molecule has 1 aliphatic rings. The Morgan fingerprint density at radius 2 is 1.45 bits per heavy atom. The lowest BCUT2D eigenvalue weighted by atomic mass is 9.90. The summed E-state index contributed by atoms with van der Waals surface area (Å²) in [4.78, 5) is 0. The van der Waals surface area contributed by atoms with Gasteiger partial charge < -0.3 is 24.1 Å². The van der Waals surface area contributed by atoms with Crippen molar-refractivity contribution in [2.75, 3.05) is 13.2 Å². The van der Waals surface area contributed by atoms with Crippen LogP contribution in [0.3, 0.4) is 0 Å². The minimum atomic E-state index is -0.647. The average molecular weight is 398 g/mol. The highest BCUT2D eigenvalue weighted by Gasteiger charge is 2.45. The SMILES string of the molecule is C=CCOC1OC(CO)C(C)C(OCc2ccccc2)C1OCc1ccccc1. The summed E-state index contributed by atoms with van der Waals surface area (Å²) < 4.78 is 24.4. The summed E-state index contributed by atoms with van der Waals surface area (Å²) in [5.41, 5.74) is 2.14. The second kappa shape index (κ2) is 11.2. The van der Waals surface area contributed by atoms with Gasteiger partial charge in [-0.3, -0.25) is 0 Å². The maximum atomic E-state index is 9.80. The summed E-state index contributed by atoms with van der Waals surface area (Å²) in [5, 5.41) is 9.80. The molecule has 1 aliphatic heterocycles. The molecule has 0 bridgehead atoms. The molecule has 3 rings (SSSR count). The summed E-state index contributed by atoms with van der Waals surface area (Å²) in [5.74, 6) is -0.0620. The van der Waals surface area contributed by atoms with E-state index in [2.05, 4.69) is 6.58 Å². The van der Waals surface area contributed by atoms with E-state index in [0.29, 0.717) is 19.8 Å². The highest BCUT2D eigenvalue weighted by Crippen LogP contribution is 2.32. The molecule has 0 amide bonds. The molecular weight excluding hydrogens is 368 g/mol. The fourth-order valence-electron chi connectivity index (χ4n) is 3.50. The van der Waals surface area contributed by atoms with Gasteiger partial charge in [-0.05, 0) is 11.1 Å². The zero-order valence-corrected chi connectivity index (χ0v) is 16.9. The maximum absolute atomic E-state index is 9.80. The van der Waals surface area contributed by atoms with Crippen LogP contribution in [0.15, 0.2) is 73.3 Å². The quantitative estimate of drug-likeness (QED) is 0.618. The second-order valence-electron chi connectivity index (χ2n) is 7.23. The number of rotatable bonds is 10. The molecule has 1 saturated heterocycles. The summed E-state index contributed by atoms with van der Waals surface area (Å²) in [6.07, 6.45) is -0.0898. The second-order valence-corrected chi connectivity index (χ2v) is 7.23. The van der Waals surface area contributed by atoms with Crippen LogP contribution in [0.5, 0.6) is 0 Å². The molecule has 1 N–H and O–H groups in total. The van der Waals surface area contributed by atoms with Crippen molar-refractivity contribution < 1.29 is 24.1 Å². The van der Waals surface area contributed by atoms with Crippen molar-refractivity contribution in [3.63, 3.8) is 0 Å². The smallest absolute Gasteiger partial charge is 0.187 e. The van der Waals surface area contributed by atoms with E-state index in [-0.39, 0.29) is 24.7 Å². The summed E-state index contributed by atoms with van der Waals surface area (Å²) >= 11 is 0. The molecule has 5 nitrogen and oxygen atoms in total. The minimum Gasteiger partial charge on any atom is -0.394 e. The number of ether oxygens (including phenoxy) is 4. The van der Waals surface area contributed by atoms with Gasteiger partial charge in [0.15, 0.2) is 6.29 Å². The predicted octanol–water partition coefficient (Wildman–Crippen LogP) is 3.71. The van der Waals surface area contributed by atoms with Crippen molar-refractivity contribution in [2.45, 2.75) is 44.7 Å².